The lowest BCUT2D eigenvalue weighted by Gasteiger charge is -2.08. The summed E-state index contributed by atoms with van der Waals surface area (Å²) in [5.74, 6) is -1.80. The summed E-state index contributed by atoms with van der Waals surface area (Å²) in [5, 5.41) is 3.27. The molecule has 0 aliphatic rings. The van der Waals surface area contributed by atoms with Gasteiger partial charge in [0.2, 0.25) is 11.5 Å². The molecule has 0 bridgehead atoms. The van der Waals surface area contributed by atoms with E-state index in [0.29, 0.717) is 11.1 Å². The molecule has 1 amide bonds. The van der Waals surface area contributed by atoms with Gasteiger partial charge < -0.3 is 9.73 Å². The zero-order chi connectivity index (χ0) is 19.7. The van der Waals surface area contributed by atoms with Crippen molar-refractivity contribution in [1.82, 2.24) is 14.9 Å². The van der Waals surface area contributed by atoms with Gasteiger partial charge in [0.15, 0.2) is 0 Å². The first-order valence-corrected chi connectivity index (χ1v) is 8.61. The average Bonchev–Trinajstić information content (AvgIpc) is 3.06. The van der Waals surface area contributed by atoms with E-state index in [-0.39, 0.29) is 30.7 Å². The molecule has 0 saturated carbocycles. The smallest absolute Gasteiger partial charge is 0.297 e. The Labute approximate surface area is 157 Å². The fourth-order valence-electron chi connectivity index (χ4n) is 3.04. The number of benzene rings is 2. The van der Waals surface area contributed by atoms with Crippen LogP contribution in [0.4, 0.5) is 8.78 Å². The molecule has 142 valence electrons. The number of para-hydroxylation sites is 1. The number of hydrogen-bond donors (Lipinski definition) is 1. The molecule has 0 radical (unpaired) electrons. The summed E-state index contributed by atoms with van der Waals surface area (Å²) in [6, 6.07) is 10.7. The zero-order valence-electron chi connectivity index (χ0n) is 14.6. The van der Waals surface area contributed by atoms with E-state index >= 15 is 0 Å². The van der Waals surface area contributed by atoms with E-state index in [1.54, 1.807) is 18.2 Å². The minimum Gasteiger partial charge on any atom is -0.448 e. The molecule has 28 heavy (non-hydrogen) atoms. The third-order valence-electron chi connectivity index (χ3n) is 4.42. The normalized spacial score (nSPS) is 11.2. The van der Waals surface area contributed by atoms with Crippen molar-refractivity contribution in [2.75, 3.05) is 6.54 Å². The fourth-order valence-corrected chi connectivity index (χ4v) is 3.04. The number of carbonyl (C=O) groups excluding carboxylic acids is 1. The number of nitrogens with one attached hydrogen (secondary N) is 1. The van der Waals surface area contributed by atoms with Crippen LogP contribution in [0.1, 0.15) is 5.56 Å². The minimum atomic E-state index is -0.662. The second-order valence-electron chi connectivity index (χ2n) is 6.25. The summed E-state index contributed by atoms with van der Waals surface area (Å²) < 4.78 is 33.9. The Bertz CT molecular complexity index is 1230. The van der Waals surface area contributed by atoms with Gasteiger partial charge in [-0.2, -0.15) is 0 Å². The van der Waals surface area contributed by atoms with E-state index in [9.17, 15) is 18.4 Å². The molecule has 0 aliphatic carbocycles. The highest BCUT2D eigenvalue weighted by molar-refractivity contribution is 6.01. The summed E-state index contributed by atoms with van der Waals surface area (Å²) in [6.45, 7) is -0.246. The molecule has 1 N–H and O–H groups in total. The van der Waals surface area contributed by atoms with Crippen LogP contribution >= 0.6 is 0 Å². The number of amides is 1. The minimum absolute atomic E-state index is 0.00000381. The van der Waals surface area contributed by atoms with Gasteiger partial charge in [0, 0.05) is 17.5 Å². The molecule has 6 nitrogen and oxygen atoms in total. The van der Waals surface area contributed by atoms with Gasteiger partial charge in [-0.05, 0) is 30.7 Å². The van der Waals surface area contributed by atoms with E-state index in [0.717, 1.165) is 22.1 Å². The van der Waals surface area contributed by atoms with Crippen LogP contribution in [0.15, 0.2) is 58.0 Å². The Kier molecular flexibility index (Phi) is 4.60. The fraction of sp³-hybridized carbons (Fsp3) is 0.150. The molecular weight excluding hydrogens is 368 g/mol. The molecular formula is C20H15F2N3O3. The third-order valence-corrected chi connectivity index (χ3v) is 4.42. The Hall–Kier alpha value is -3.55. The van der Waals surface area contributed by atoms with Crippen LogP contribution in [-0.2, 0) is 17.8 Å². The highest BCUT2D eigenvalue weighted by Crippen LogP contribution is 2.23. The van der Waals surface area contributed by atoms with E-state index in [1.807, 2.05) is 6.07 Å². The van der Waals surface area contributed by atoms with E-state index < -0.39 is 23.1 Å². The molecule has 0 saturated heterocycles. The molecule has 0 unspecified atom stereocenters. The lowest BCUT2D eigenvalue weighted by atomic mass is 10.1. The Balaban J connectivity index is 1.47. The van der Waals surface area contributed by atoms with Gasteiger partial charge >= 0.3 is 0 Å². The van der Waals surface area contributed by atoms with Crippen LogP contribution in [0, 0.1) is 11.6 Å². The predicted molar refractivity (Wildman–Crippen MR) is 98.8 cm³/mol. The highest BCUT2D eigenvalue weighted by Gasteiger charge is 2.15. The molecule has 0 spiro atoms. The van der Waals surface area contributed by atoms with Crippen molar-refractivity contribution in [3.8, 4) is 0 Å². The topological polar surface area (TPSA) is 77.1 Å². The van der Waals surface area contributed by atoms with Crippen molar-refractivity contribution in [1.29, 1.82) is 0 Å². The van der Waals surface area contributed by atoms with Crippen LogP contribution in [0.3, 0.4) is 0 Å². The molecule has 0 atom stereocenters. The van der Waals surface area contributed by atoms with Crippen molar-refractivity contribution < 1.29 is 18.0 Å². The van der Waals surface area contributed by atoms with Crippen molar-refractivity contribution >= 4 is 28.0 Å². The maximum absolute atomic E-state index is 13.6. The first kappa shape index (κ1) is 17.8. The molecule has 4 aromatic rings. The van der Waals surface area contributed by atoms with Crippen molar-refractivity contribution in [2.24, 2.45) is 0 Å². The lowest BCUT2D eigenvalue weighted by molar-refractivity contribution is -0.121. The quantitative estimate of drug-likeness (QED) is 0.575. The molecule has 2 aromatic heterocycles. The van der Waals surface area contributed by atoms with Gasteiger partial charge in [-0.3, -0.25) is 14.2 Å². The number of aromatic nitrogens is 2. The standard InChI is InChI=1S/C20H15F2N3O3/c21-14-5-3-6-15(22)12(14)8-9-23-17(26)10-25-11-24-18-13-4-1-2-7-16(13)28-19(18)20(25)27/h1-7,11H,8-10H2,(H,23,26). The van der Waals surface area contributed by atoms with Gasteiger partial charge in [0.25, 0.3) is 5.56 Å². The number of halogens is 2. The summed E-state index contributed by atoms with van der Waals surface area (Å²) in [7, 11) is 0. The molecule has 4 rings (SSSR count). The summed E-state index contributed by atoms with van der Waals surface area (Å²) in [6.07, 6.45) is 1.28. The second-order valence-corrected chi connectivity index (χ2v) is 6.25. The Morgan fingerprint density at radius 3 is 2.64 bits per heavy atom. The maximum atomic E-state index is 13.6. The number of rotatable bonds is 5. The van der Waals surface area contributed by atoms with Crippen LogP contribution in [0.5, 0.6) is 0 Å². The van der Waals surface area contributed by atoms with E-state index in [2.05, 4.69) is 10.3 Å². The Morgan fingerprint density at radius 1 is 1.11 bits per heavy atom. The van der Waals surface area contributed by atoms with Gasteiger partial charge in [-0.15, -0.1) is 0 Å². The summed E-state index contributed by atoms with van der Waals surface area (Å²) in [4.78, 5) is 28.9. The summed E-state index contributed by atoms with van der Waals surface area (Å²) in [5.41, 5.74) is 0.482. The molecule has 2 heterocycles. The van der Waals surface area contributed by atoms with Gasteiger partial charge in [-0.1, -0.05) is 18.2 Å². The number of furan rings is 1. The number of nitrogens with zero attached hydrogens (tertiary/aromatic N) is 2. The van der Waals surface area contributed by atoms with Crippen molar-refractivity contribution in [3.63, 3.8) is 0 Å². The first-order chi connectivity index (χ1) is 13.5. The second kappa shape index (κ2) is 7.22. The Morgan fingerprint density at radius 2 is 1.86 bits per heavy atom. The van der Waals surface area contributed by atoms with E-state index in [1.165, 1.54) is 12.4 Å². The molecule has 0 fully saturated rings. The lowest BCUT2D eigenvalue weighted by Crippen LogP contribution is -2.33. The van der Waals surface area contributed by atoms with Crippen molar-refractivity contribution in [3.05, 3.63) is 76.3 Å². The van der Waals surface area contributed by atoms with Gasteiger partial charge in [0.1, 0.15) is 29.3 Å². The first-order valence-electron chi connectivity index (χ1n) is 8.61. The molecule has 0 aliphatic heterocycles. The van der Waals surface area contributed by atoms with Crippen LogP contribution < -0.4 is 10.9 Å². The van der Waals surface area contributed by atoms with Crippen LogP contribution in [0.2, 0.25) is 0 Å². The molecule has 8 heteroatoms. The van der Waals surface area contributed by atoms with Gasteiger partial charge in [-0.25, -0.2) is 13.8 Å². The van der Waals surface area contributed by atoms with Crippen LogP contribution in [-0.4, -0.2) is 22.0 Å². The predicted octanol–water partition coefficient (Wildman–Crippen LogP) is 2.78. The highest BCUT2D eigenvalue weighted by atomic mass is 19.1. The number of fused-ring (bicyclic) bond motifs is 3. The van der Waals surface area contributed by atoms with Crippen LogP contribution in [0.25, 0.3) is 22.1 Å². The van der Waals surface area contributed by atoms with E-state index in [4.69, 9.17) is 4.42 Å². The average molecular weight is 383 g/mol. The number of hydrogen-bond acceptors (Lipinski definition) is 4. The van der Waals surface area contributed by atoms with Crippen molar-refractivity contribution in [2.45, 2.75) is 13.0 Å². The monoisotopic (exact) mass is 383 g/mol. The molecule has 2 aromatic carbocycles. The maximum Gasteiger partial charge on any atom is 0.297 e. The summed E-state index contributed by atoms with van der Waals surface area (Å²) >= 11 is 0. The number of carbonyl (C=O) groups is 1. The third kappa shape index (κ3) is 3.24. The van der Waals surface area contributed by atoms with Gasteiger partial charge in [0.05, 0.1) is 6.33 Å². The largest absolute Gasteiger partial charge is 0.448 e. The SMILES string of the molecule is O=C(Cn1cnc2c(oc3ccccc32)c1=O)NCCc1c(F)cccc1F. The zero-order valence-corrected chi connectivity index (χ0v) is 14.6.